The minimum atomic E-state index is -4.48. The molecular weight excluding hydrogens is 557 g/mol. The number of amides is 3. The van der Waals surface area contributed by atoms with Crippen molar-refractivity contribution in [3.63, 3.8) is 0 Å². The number of likely N-dealkylation sites (N-methyl/N-ethyl adjacent to an activating group) is 1. The van der Waals surface area contributed by atoms with E-state index in [4.69, 9.17) is 14.2 Å². The van der Waals surface area contributed by atoms with E-state index in [1.54, 1.807) is 37.1 Å². The van der Waals surface area contributed by atoms with E-state index in [2.05, 4.69) is 5.32 Å². The lowest BCUT2D eigenvalue weighted by Crippen LogP contribution is -2.53. The molecule has 2 aromatic rings. The molecule has 2 aliphatic rings. The van der Waals surface area contributed by atoms with Crippen molar-refractivity contribution < 1.29 is 41.8 Å². The molecule has 0 aromatic heterocycles. The number of urea groups is 1. The molecule has 4 rings (SSSR count). The molecule has 1 fully saturated rings. The van der Waals surface area contributed by atoms with E-state index in [1.165, 1.54) is 31.3 Å². The number of alkyl halides is 3. The predicted molar refractivity (Wildman–Crippen MR) is 146 cm³/mol. The molecule has 0 saturated carbocycles. The van der Waals surface area contributed by atoms with Gasteiger partial charge >= 0.3 is 18.2 Å². The van der Waals surface area contributed by atoms with Crippen molar-refractivity contribution in [3.05, 3.63) is 70.4 Å². The quantitative estimate of drug-likeness (QED) is 0.468. The SMILES string of the molecule is CCOC(=O)C1=C(CN2CCN(C(=O)c3ccc(C(F)(F)F)cc3)CC2)N(C)C(=O)N[C@@H]1c1cc(OC)cc(OC)c1. The number of ether oxygens (including phenoxy) is 3. The van der Waals surface area contributed by atoms with Crippen LogP contribution < -0.4 is 14.8 Å². The first kappa shape index (κ1) is 30.7. The van der Waals surface area contributed by atoms with Crippen molar-refractivity contribution in [2.24, 2.45) is 0 Å². The van der Waals surface area contributed by atoms with Crippen LogP contribution in [-0.4, -0.2) is 93.2 Å². The molecule has 1 atom stereocenters. The van der Waals surface area contributed by atoms with E-state index in [0.717, 1.165) is 12.1 Å². The number of carbonyl (C=O) groups excluding carboxylic acids is 3. The molecule has 1 saturated heterocycles. The molecule has 0 spiro atoms. The van der Waals surface area contributed by atoms with Crippen LogP contribution in [0.3, 0.4) is 0 Å². The van der Waals surface area contributed by atoms with Crippen LogP contribution in [0.2, 0.25) is 0 Å². The smallest absolute Gasteiger partial charge is 0.416 e. The minimum Gasteiger partial charge on any atom is -0.497 e. The van der Waals surface area contributed by atoms with Gasteiger partial charge in [-0.2, -0.15) is 13.2 Å². The van der Waals surface area contributed by atoms with Gasteiger partial charge in [-0.3, -0.25) is 14.6 Å². The molecule has 2 aliphatic heterocycles. The zero-order valence-electron chi connectivity index (χ0n) is 23.8. The molecule has 226 valence electrons. The normalized spacial score (nSPS) is 18.1. The summed E-state index contributed by atoms with van der Waals surface area (Å²) in [7, 11) is 4.57. The third-order valence-electron chi connectivity index (χ3n) is 7.27. The first-order valence-corrected chi connectivity index (χ1v) is 13.3. The molecule has 0 bridgehead atoms. The summed E-state index contributed by atoms with van der Waals surface area (Å²) in [6, 6.07) is 7.99. The Balaban J connectivity index is 1.57. The van der Waals surface area contributed by atoms with Gasteiger partial charge in [0.25, 0.3) is 5.91 Å². The first-order chi connectivity index (χ1) is 20.0. The van der Waals surface area contributed by atoms with Crippen molar-refractivity contribution in [1.82, 2.24) is 20.0 Å². The number of nitrogens with one attached hydrogen (secondary N) is 1. The summed E-state index contributed by atoms with van der Waals surface area (Å²) in [5, 5.41) is 2.87. The average molecular weight is 591 g/mol. The van der Waals surface area contributed by atoms with Gasteiger partial charge in [0, 0.05) is 57.1 Å². The monoisotopic (exact) mass is 590 g/mol. The summed E-state index contributed by atoms with van der Waals surface area (Å²) in [5.74, 6) is 0.0190. The predicted octanol–water partition coefficient (Wildman–Crippen LogP) is 3.69. The number of methoxy groups -OCH3 is 2. The highest BCUT2D eigenvalue weighted by Gasteiger charge is 2.38. The van der Waals surface area contributed by atoms with E-state index in [1.807, 2.05) is 4.90 Å². The van der Waals surface area contributed by atoms with Gasteiger partial charge < -0.3 is 24.4 Å². The fourth-order valence-electron chi connectivity index (χ4n) is 4.95. The second kappa shape index (κ2) is 12.7. The van der Waals surface area contributed by atoms with Gasteiger partial charge in [-0.05, 0) is 48.9 Å². The maximum absolute atomic E-state index is 13.3. The highest BCUT2D eigenvalue weighted by molar-refractivity contribution is 5.95. The number of piperazine rings is 1. The maximum atomic E-state index is 13.3. The van der Waals surface area contributed by atoms with Gasteiger partial charge in [0.1, 0.15) is 11.5 Å². The Bertz CT molecular complexity index is 1330. The Kier molecular flexibility index (Phi) is 9.30. The van der Waals surface area contributed by atoms with Gasteiger partial charge in [-0.25, -0.2) is 9.59 Å². The summed E-state index contributed by atoms with van der Waals surface area (Å²) in [5.41, 5.74) is 0.633. The van der Waals surface area contributed by atoms with Crippen LogP contribution in [0.15, 0.2) is 53.7 Å². The number of hydrogen-bond donors (Lipinski definition) is 1. The van der Waals surface area contributed by atoms with E-state index in [-0.39, 0.29) is 30.2 Å². The number of rotatable bonds is 8. The van der Waals surface area contributed by atoms with Crippen LogP contribution in [0, 0.1) is 0 Å². The van der Waals surface area contributed by atoms with E-state index >= 15 is 0 Å². The van der Waals surface area contributed by atoms with Crippen molar-refractivity contribution in [1.29, 1.82) is 0 Å². The summed E-state index contributed by atoms with van der Waals surface area (Å²) in [6.45, 7) is 3.50. The minimum absolute atomic E-state index is 0.131. The molecule has 0 aliphatic carbocycles. The van der Waals surface area contributed by atoms with Gasteiger partial charge in [-0.15, -0.1) is 0 Å². The molecule has 10 nitrogen and oxygen atoms in total. The second-order valence-corrected chi connectivity index (χ2v) is 9.81. The largest absolute Gasteiger partial charge is 0.497 e. The van der Waals surface area contributed by atoms with Crippen LogP contribution in [0.5, 0.6) is 11.5 Å². The fraction of sp³-hybridized carbons (Fsp3) is 0.414. The van der Waals surface area contributed by atoms with Gasteiger partial charge in [-0.1, -0.05) is 0 Å². The van der Waals surface area contributed by atoms with Crippen molar-refractivity contribution >= 4 is 17.9 Å². The standard InChI is InChI=1S/C29H33F3N4O6/c1-5-42-27(38)24-23(34(2)28(39)33-25(24)19-14-21(40-3)16-22(15-19)41-4)17-35-10-12-36(13-11-35)26(37)18-6-8-20(9-7-18)29(30,31)32/h6-9,14-16,25H,5,10-13,17H2,1-4H3,(H,33,39)/t25-/m1/s1. The van der Waals surface area contributed by atoms with E-state index in [9.17, 15) is 27.6 Å². The molecule has 42 heavy (non-hydrogen) atoms. The van der Waals surface area contributed by atoms with Gasteiger partial charge in [0.15, 0.2) is 0 Å². The summed E-state index contributed by atoms with van der Waals surface area (Å²) >= 11 is 0. The highest BCUT2D eigenvalue weighted by atomic mass is 19.4. The molecule has 2 heterocycles. The molecule has 2 aromatic carbocycles. The van der Waals surface area contributed by atoms with E-state index < -0.39 is 29.8 Å². The van der Waals surface area contributed by atoms with E-state index in [0.29, 0.717) is 48.9 Å². The molecular formula is C29H33F3N4O6. The van der Waals surface area contributed by atoms with Gasteiger partial charge in [0.2, 0.25) is 0 Å². The lowest BCUT2D eigenvalue weighted by molar-refractivity contribution is -0.139. The topological polar surface area (TPSA) is 101 Å². The Morgan fingerprint density at radius 3 is 2.10 bits per heavy atom. The van der Waals surface area contributed by atoms with Crippen LogP contribution in [0.1, 0.15) is 34.5 Å². The number of esters is 1. The number of halogens is 3. The fourth-order valence-corrected chi connectivity index (χ4v) is 4.95. The summed E-state index contributed by atoms with van der Waals surface area (Å²) in [6.07, 6.45) is -4.48. The van der Waals surface area contributed by atoms with Crippen LogP contribution in [0.25, 0.3) is 0 Å². The average Bonchev–Trinajstić information content (AvgIpc) is 2.98. The zero-order valence-corrected chi connectivity index (χ0v) is 23.8. The van der Waals surface area contributed by atoms with Crippen molar-refractivity contribution in [2.45, 2.75) is 19.1 Å². The van der Waals surface area contributed by atoms with Crippen LogP contribution >= 0.6 is 0 Å². The highest BCUT2D eigenvalue weighted by Crippen LogP contribution is 2.35. The number of carbonyl (C=O) groups is 3. The Hall–Kier alpha value is -4.26. The van der Waals surface area contributed by atoms with Crippen molar-refractivity contribution in [3.8, 4) is 11.5 Å². The lowest BCUT2D eigenvalue weighted by atomic mass is 9.93. The van der Waals surface area contributed by atoms with Crippen LogP contribution in [0.4, 0.5) is 18.0 Å². The summed E-state index contributed by atoms with van der Waals surface area (Å²) < 4.78 is 54.9. The second-order valence-electron chi connectivity index (χ2n) is 9.81. The maximum Gasteiger partial charge on any atom is 0.416 e. The summed E-state index contributed by atoms with van der Waals surface area (Å²) in [4.78, 5) is 44.3. The Morgan fingerprint density at radius 1 is 0.976 bits per heavy atom. The molecule has 13 heteroatoms. The number of benzene rings is 2. The lowest BCUT2D eigenvalue weighted by Gasteiger charge is -2.39. The number of hydrogen-bond acceptors (Lipinski definition) is 7. The van der Waals surface area contributed by atoms with Crippen molar-refractivity contribution in [2.75, 3.05) is 60.6 Å². The third-order valence-corrected chi connectivity index (χ3v) is 7.27. The Labute approximate surface area is 241 Å². The molecule has 0 unspecified atom stereocenters. The van der Waals surface area contributed by atoms with Gasteiger partial charge in [0.05, 0.1) is 38.0 Å². The van der Waals surface area contributed by atoms with Crippen LogP contribution in [-0.2, 0) is 15.7 Å². The zero-order chi connectivity index (χ0) is 30.6. The molecule has 1 N–H and O–H groups in total. The molecule has 0 radical (unpaired) electrons. The third kappa shape index (κ3) is 6.62. The molecule has 3 amide bonds. The Morgan fingerprint density at radius 2 is 1.57 bits per heavy atom. The number of nitrogens with zero attached hydrogens (tertiary/aromatic N) is 3. The first-order valence-electron chi connectivity index (χ1n) is 13.3.